The summed E-state index contributed by atoms with van der Waals surface area (Å²) >= 11 is 0. The van der Waals surface area contributed by atoms with Gasteiger partial charge in [-0.25, -0.2) is 4.79 Å². The fourth-order valence-electron chi connectivity index (χ4n) is 5.18. The first kappa shape index (κ1) is 31.3. The molecule has 224 valence electrons. The minimum atomic E-state index is -1.17. The molecule has 0 saturated carbocycles. The summed E-state index contributed by atoms with van der Waals surface area (Å²) in [6.45, 7) is 0.698. The quantitative estimate of drug-likeness (QED) is 0.0896. The average Bonchev–Trinajstić information content (AvgIpc) is 3.64. The maximum absolute atomic E-state index is 13.5. The van der Waals surface area contributed by atoms with E-state index in [1.807, 2.05) is 6.07 Å². The van der Waals surface area contributed by atoms with Crippen molar-refractivity contribution < 1.29 is 29.1 Å². The number of carboxylic acids is 1. The van der Waals surface area contributed by atoms with E-state index >= 15 is 0 Å². The second-order valence-electron chi connectivity index (χ2n) is 10.3. The molecule has 4 amide bonds. The van der Waals surface area contributed by atoms with Gasteiger partial charge in [0.2, 0.25) is 23.6 Å². The van der Waals surface area contributed by atoms with Crippen molar-refractivity contribution in [3.63, 3.8) is 0 Å². The van der Waals surface area contributed by atoms with Gasteiger partial charge in [0.15, 0.2) is 5.96 Å². The van der Waals surface area contributed by atoms with E-state index in [4.69, 9.17) is 17.2 Å². The first-order valence-electron chi connectivity index (χ1n) is 13.8. The lowest BCUT2D eigenvalue weighted by molar-refractivity contribution is -0.147. The molecule has 3 rings (SSSR count). The Labute approximate surface area is 238 Å². The van der Waals surface area contributed by atoms with Gasteiger partial charge >= 0.3 is 5.97 Å². The Morgan fingerprint density at radius 1 is 1.00 bits per heavy atom. The van der Waals surface area contributed by atoms with Crippen LogP contribution in [-0.2, 0) is 30.4 Å². The van der Waals surface area contributed by atoms with E-state index in [1.54, 1.807) is 24.3 Å². The van der Waals surface area contributed by atoms with Crippen LogP contribution < -0.4 is 27.8 Å². The molecule has 2 fully saturated rings. The van der Waals surface area contributed by atoms with Crippen molar-refractivity contribution in [3.05, 3.63) is 35.9 Å². The second kappa shape index (κ2) is 15.0. The largest absolute Gasteiger partial charge is 0.480 e. The number of likely N-dealkylation sites (tertiary alicyclic amines) is 2. The maximum atomic E-state index is 13.5. The lowest BCUT2D eigenvalue weighted by atomic mass is 10.1. The Morgan fingerprint density at radius 2 is 1.66 bits per heavy atom. The van der Waals surface area contributed by atoms with Crippen molar-refractivity contribution >= 4 is 35.6 Å². The highest BCUT2D eigenvalue weighted by Crippen LogP contribution is 2.25. The normalized spacial score (nSPS) is 19.7. The molecule has 0 radical (unpaired) electrons. The van der Waals surface area contributed by atoms with Crippen LogP contribution in [0.2, 0.25) is 0 Å². The number of aliphatic carboxylic acids is 1. The number of nitrogens with one attached hydrogen (secondary N) is 2. The zero-order chi connectivity index (χ0) is 29.9. The van der Waals surface area contributed by atoms with Crippen molar-refractivity contribution in [2.24, 2.45) is 22.2 Å². The number of carbonyl (C=O) groups is 5. The Kier molecular flexibility index (Phi) is 11.4. The van der Waals surface area contributed by atoms with Gasteiger partial charge in [0.1, 0.15) is 18.1 Å². The lowest BCUT2D eigenvalue weighted by Gasteiger charge is -2.31. The predicted molar refractivity (Wildman–Crippen MR) is 150 cm³/mol. The van der Waals surface area contributed by atoms with E-state index in [-0.39, 0.29) is 24.8 Å². The van der Waals surface area contributed by atoms with Crippen molar-refractivity contribution in [1.82, 2.24) is 20.4 Å². The molecular formula is C27H40N8O6. The summed E-state index contributed by atoms with van der Waals surface area (Å²) in [5, 5.41) is 14.8. The number of nitrogens with two attached hydrogens (primary N) is 3. The lowest BCUT2D eigenvalue weighted by Crippen LogP contribution is -2.56. The predicted octanol–water partition coefficient (Wildman–Crippen LogP) is -1.72. The summed E-state index contributed by atoms with van der Waals surface area (Å²) in [5.41, 5.74) is 17.2. The molecule has 2 aliphatic rings. The van der Waals surface area contributed by atoms with E-state index in [0.717, 1.165) is 5.56 Å². The second-order valence-corrected chi connectivity index (χ2v) is 10.3. The Balaban J connectivity index is 1.55. The summed E-state index contributed by atoms with van der Waals surface area (Å²) in [5.74, 6) is -3.01. The molecule has 14 heteroatoms. The minimum absolute atomic E-state index is 0.0447. The molecule has 2 heterocycles. The summed E-state index contributed by atoms with van der Waals surface area (Å²) in [4.78, 5) is 70.5. The molecule has 0 aromatic heterocycles. The molecule has 2 saturated heterocycles. The number of hydrogen-bond donors (Lipinski definition) is 6. The van der Waals surface area contributed by atoms with E-state index < -0.39 is 47.9 Å². The van der Waals surface area contributed by atoms with Gasteiger partial charge < -0.3 is 42.7 Å². The van der Waals surface area contributed by atoms with E-state index in [9.17, 15) is 29.1 Å². The van der Waals surface area contributed by atoms with Gasteiger partial charge in [-0.2, -0.15) is 0 Å². The van der Waals surface area contributed by atoms with Gasteiger partial charge in [0.25, 0.3) is 0 Å². The van der Waals surface area contributed by atoms with E-state index in [1.165, 1.54) is 9.80 Å². The van der Waals surface area contributed by atoms with Crippen molar-refractivity contribution in [1.29, 1.82) is 0 Å². The number of hydrogen-bond acceptors (Lipinski definition) is 7. The number of aliphatic imine (C=N–C) groups is 1. The minimum Gasteiger partial charge on any atom is -0.480 e. The van der Waals surface area contributed by atoms with E-state index in [2.05, 4.69) is 15.6 Å². The van der Waals surface area contributed by atoms with Gasteiger partial charge in [0.05, 0.1) is 12.6 Å². The number of nitrogens with zero attached hydrogens (tertiary/aromatic N) is 3. The van der Waals surface area contributed by atoms with Crippen LogP contribution in [0.25, 0.3) is 0 Å². The van der Waals surface area contributed by atoms with Crippen LogP contribution >= 0.6 is 0 Å². The molecule has 2 aliphatic heterocycles. The molecule has 0 unspecified atom stereocenters. The third kappa shape index (κ3) is 8.90. The number of benzene rings is 1. The number of guanidine groups is 1. The zero-order valence-corrected chi connectivity index (χ0v) is 23.0. The average molecular weight is 573 g/mol. The van der Waals surface area contributed by atoms with Crippen molar-refractivity contribution in [2.45, 2.75) is 69.1 Å². The molecular weight excluding hydrogens is 532 g/mol. The number of carboxylic acid groups (broad SMARTS) is 1. The van der Waals surface area contributed by atoms with Gasteiger partial charge in [-0.1, -0.05) is 30.3 Å². The standard InChI is InChI=1S/C27H40N8O6/c28-18(9-4-12-31-27(29)30)23(37)32-16-22(36)34-13-6-11-21(34)25(39)35-14-5-10-20(35)24(38)33-19(26(40)41)15-17-7-2-1-3-8-17/h1-3,7-8,18-21H,4-6,9-16,28H2,(H,32,37)(H,33,38)(H,40,41)(H4,29,30,31)/t18-,19-,20-,21-/m0/s1. The molecule has 0 spiro atoms. The van der Waals surface area contributed by atoms with Crippen LogP contribution in [0.5, 0.6) is 0 Å². The molecule has 1 aromatic rings. The third-order valence-electron chi connectivity index (χ3n) is 7.31. The first-order valence-corrected chi connectivity index (χ1v) is 13.8. The number of rotatable bonds is 13. The van der Waals surface area contributed by atoms with Crippen LogP contribution in [0.4, 0.5) is 0 Å². The smallest absolute Gasteiger partial charge is 0.326 e. The Bertz CT molecular complexity index is 1130. The van der Waals surface area contributed by atoms with Crippen LogP contribution in [-0.4, -0.2) is 101 Å². The fraction of sp³-hybridized carbons (Fsp3) is 0.556. The van der Waals surface area contributed by atoms with E-state index in [0.29, 0.717) is 58.2 Å². The molecule has 4 atom stereocenters. The van der Waals surface area contributed by atoms with Gasteiger partial charge in [-0.15, -0.1) is 0 Å². The highest BCUT2D eigenvalue weighted by atomic mass is 16.4. The van der Waals surface area contributed by atoms with Crippen molar-refractivity contribution in [2.75, 3.05) is 26.2 Å². The molecule has 14 nitrogen and oxygen atoms in total. The monoisotopic (exact) mass is 572 g/mol. The summed E-state index contributed by atoms with van der Waals surface area (Å²) in [7, 11) is 0. The summed E-state index contributed by atoms with van der Waals surface area (Å²) in [6.07, 6.45) is 2.94. The van der Waals surface area contributed by atoms with Gasteiger partial charge in [-0.05, 0) is 44.1 Å². The molecule has 9 N–H and O–H groups in total. The molecule has 1 aromatic carbocycles. The molecule has 0 aliphatic carbocycles. The van der Waals surface area contributed by atoms with Crippen LogP contribution in [0.15, 0.2) is 35.3 Å². The van der Waals surface area contributed by atoms with Gasteiger partial charge in [-0.3, -0.25) is 24.2 Å². The summed E-state index contributed by atoms with van der Waals surface area (Å²) < 4.78 is 0. The van der Waals surface area contributed by atoms with Crippen molar-refractivity contribution in [3.8, 4) is 0 Å². The topological polar surface area (TPSA) is 227 Å². The molecule has 41 heavy (non-hydrogen) atoms. The number of amides is 4. The fourth-order valence-corrected chi connectivity index (χ4v) is 5.18. The summed E-state index contributed by atoms with van der Waals surface area (Å²) in [6, 6.07) is 5.39. The Morgan fingerprint density at radius 3 is 2.32 bits per heavy atom. The van der Waals surface area contributed by atoms with Crippen LogP contribution in [0, 0.1) is 0 Å². The van der Waals surface area contributed by atoms with Crippen LogP contribution in [0.1, 0.15) is 44.1 Å². The highest BCUT2D eigenvalue weighted by Gasteiger charge is 2.42. The van der Waals surface area contributed by atoms with Crippen LogP contribution in [0.3, 0.4) is 0 Å². The third-order valence-corrected chi connectivity index (χ3v) is 7.31. The maximum Gasteiger partial charge on any atom is 0.326 e. The number of carbonyl (C=O) groups excluding carboxylic acids is 4. The highest BCUT2D eigenvalue weighted by molar-refractivity contribution is 5.95. The van der Waals surface area contributed by atoms with Gasteiger partial charge in [0, 0.05) is 26.1 Å². The molecule has 0 bridgehead atoms. The first-order chi connectivity index (χ1) is 19.6. The Hall–Kier alpha value is -4.20. The zero-order valence-electron chi connectivity index (χ0n) is 23.0. The SMILES string of the molecule is NC(N)=NCCC[C@H](N)C(=O)NCC(=O)N1CCC[C@H]1C(=O)N1CCC[C@H]1C(=O)N[C@@H](Cc1ccccc1)C(=O)O.